The zero-order valence-electron chi connectivity index (χ0n) is 20.0. The number of carbonyl (C=O) groups excluding carboxylic acids is 3. The van der Waals surface area contributed by atoms with Gasteiger partial charge in [0.05, 0.1) is 12.1 Å². The number of carboxylic acids is 1. The summed E-state index contributed by atoms with van der Waals surface area (Å²) in [7, 11) is 0. The highest BCUT2D eigenvalue weighted by molar-refractivity contribution is 7.98. The van der Waals surface area contributed by atoms with E-state index in [9.17, 15) is 29.4 Å². The molecule has 1 aromatic rings. The van der Waals surface area contributed by atoms with E-state index in [1.165, 1.54) is 6.92 Å². The maximum absolute atomic E-state index is 13.1. The molecule has 0 heterocycles. The van der Waals surface area contributed by atoms with Crippen LogP contribution in [0.2, 0.25) is 0 Å². The van der Waals surface area contributed by atoms with E-state index in [0.717, 1.165) is 5.56 Å². The van der Waals surface area contributed by atoms with Crippen LogP contribution in [0.3, 0.4) is 0 Å². The number of nitrogens with two attached hydrogens (primary N) is 1. The number of hydrogen-bond donors (Lipinski definition) is 6. The average molecular weight is 497 g/mol. The highest BCUT2D eigenvalue weighted by Crippen LogP contribution is 2.08. The van der Waals surface area contributed by atoms with Gasteiger partial charge < -0.3 is 31.9 Å². The van der Waals surface area contributed by atoms with E-state index < -0.39 is 59.9 Å². The molecule has 0 aromatic heterocycles. The molecular weight excluding hydrogens is 460 g/mol. The van der Waals surface area contributed by atoms with Gasteiger partial charge in [0.1, 0.15) is 18.1 Å². The van der Waals surface area contributed by atoms with Gasteiger partial charge in [0.15, 0.2) is 0 Å². The molecule has 5 atom stereocenters. The number of thioether (sulfide) groups is 1. The summed E-state index contributed by atoms with van der Waals surface area (Å²) in [5.74, 6) is -3.02. The van der Waals surface area contributed by atoms with Crippen LogP contribution < -0.4 is 21.7 Å². The Morgan fingerprint density at radius 3 is 2.03 bits per heavy atom. The number of rotatable bonds is 14. The third-order valence-corrected chi connectivity index (χ3v) is 5.82. The Hall–Kier alpha value is -2.63. The Kier molecular flexibility index (Phi) is 12.6. The molecule has 0 aliphatic heterocycles. The molecule has 0 saturated heterocycles. The number of aliphatic carboxylic acids is 1. The summed E-state index contributed by atoms with van der Waals surface area (Å²) in [6.45, 7) is 4.56. The van der Waals surface area contributed by atoms with Crippen molar-refractivity contribution >= 4 is 35.5 Å². The summed E-state index contributed by atoms with van der Waals surface area (Å²) in [5.41, 5.74) is 6.71. The standard InChI is InChI=1S/C23H36N4O6S/c1-13(2)18(23(32)33)26-22(31)19(14(3)28)27-21(30)17(12-15-8-6-5-7-9-15)25-20(29)16(24)10-11-34-4/h5-9,13-14,16-19,28H,10-12,24H2,1-4H3,(H,25,29)(H,26,31)(H,27,30)(H,32,33). The number of amides is 3. The van der Waals surface area contributed by atoms with Crippen molar-refractivity contribution in [3.05, 3.63) is 35.9 Å². The van der Waals surface area contributed by atoms with Crippen LogP contribution in [0.25, 0.3) is 0 Å². The van der Waals surface area contributed by atoms with Gasteiger partial charge in [-0.3, -0.25) is 14.4 Å². The van der Waals surface area contributed by atoms with Crippen molar-refractivity contribution in [3.8, 4) is 0 Å². The normalized spacial score (nSPS) is 15.5. The van der Waals surface area contributed by atoms with E-state index in [1.807, 2.05) is 12.3 Å². The molecular formula is C23H36N4O6S. The summed E-state index contributed by atoms with van der Waals surface area (Å²) < 4.78 is 0. The summed E-state index contributed by atoms with van der Waals surface area (Å²) in [6.07, 6.45) is 1.14. The van der Waals surface area contributed by atoms with Crippen LogP contribution in [0.4, 0.5) is 0 Å². The average Bonchev–Trinajstić information content (AvgIpc) is 2.78. The van der Waals surface area contributed by atoms with E-state index in [2.05, 4.69) is 16.0 Å². The molecule has 0 fully saturated rings. The highest BCUT2D eigenvalue weighted by Gasteiger charge is 2.33. The van der Waals surface area contributed by atoms with Gasteiger partial charge >= 0.3 is 5.97 Å². The number of aliphatic hydroxyl groups is 1. The lowest BCUT2D eigenvalue weighted by Gasteiger charge is -2.27. The molecule has 5 unspecified atom stereocenters. The lowest BCUT2D eigenvalue weighted by atomic mass is 10.0. The number of nitrogens with one attached hydrogen (secondary N) is 3. The van der Waals surface area contributed by atoms with Gasteiger partial charge in [-0.15, -0.1) is 0 Å². The molecule has 34 heavy (non-hydrogen) atoms. The van der Waals surface area contributed by atoms with Crippen LogP contribution >= 0.6 is 11.8 Å². The fourth-order valence-corrected chi connectivity index (χ4v) is 3.62. The summed E-state index contributed by atoms with van der Waals surface area (Å²) in [6, 6.07) is 4.49. The molecule has 3 amide bonds. The zero-order valence-corrected chi connectivity index (χ0v) is 20.8. The van der Waals surface area contributed by atoms with E-state index in [4.69, 9.17) is 5.73 Å². The first-order valence-electron chi connectivity index (χ1n) is 11.1. The second-order valence-corrected chi connectivity index (χ2v) is 9.42. The summed E-state index contributed by atoms with van der Waals surface area (Å²) in [4.78, 5) is 49.8. The summed E-state index contributed by atoms with van der Waals surface area (Å²) >= 11 is 1.55. The molecule has 0 aliphatic rings. The second-order valence-electron chi connectivity index (χ2n) is 8.43. The smallest absolute Gasteiger partial charge is 0.326 e. The lowest BCUT2D eigenvalue weighted by Crippen LogP contribution is -2.60. The maximum Gasteiger partial charge on any atom is 0.326 e. The molecule has 1 rings (SSSR count). The molecule has 190 valence electrons. The van der Waals surface area contributed by atoms with Crippen molar-refractivity contribution in [2.45, 2.75) is 63.9 Å². The molecule has 1 aromatic carbocycles. The fraction of sp³-hybridized carbons (Fsp3) is 0.565. The van der Waals surface area contributed by atoms with Crippen LogP contribution in [0.15, 0.2) is 30.3 Å². The maximum atomic E-state index is 13.1. The first kappa shape index (κ1) is 29.4. The van der Waals surface area contributed by atoms with Crippen molar-refractivity contribution in [2.24, 2.45) is 11.7 Å². The number of benzene rings is 1. The van der Waals surface area contributed by atoms with Crippen molar-refractivity contribution < 1.29 is 29.4 Å². The Bertz CT molecular complexity index is 821. The van der Waals surface area contributed by atoms with Gasteiger partial charge in [-0.2, -0.15) is 11.8 Å². The van der Waals surface area contributed by atoms with Crippen LogP contribution in [0.1, 0.15) is 32.8 Å². The van der Waals surface area contributed by atoms with E-state index in [1.54, 1.807) is 49.9 Å². The number of carbonyl (C=O) groups is 4. The molecule has 0 radical (unpaired) electrons. The van der Waals surface area contributed by atoms with Crippen LogP contribution in [0.5, 0.6) is 0 Å². The van der Waals surface area contributed by atoms with Crippen molar-refractivity contribution in [1.29, 1.82) is 0 Å². The zero-order chi connectivity index (χ0) is 25.8. The van der Waals surface area contributed by atoms with E-state index in [0.29, 0.717) is 12.2 Å². The van der Waals surface area contributed by atoms with Crippen LogP contribution in [0, 0.1) is 5.92 Å². The number of hydrogen-bond acceptors (Lipinski definition) is 7. The Balaban J connectivity index is 3.04. The van der Waals surface area contributed by atoms with Crippen molar-refractivity contribution in [2.75, 3.05) is 12.0 Å². The van der Waals surface area contributed by atoms with Crippen molar-refractivity contribution in [3.63, 3.8) is 0 Å². The molecule has 7 N–H and O–H groups in total. The predicted molar refractivity (Wildman–Crippen MR) is 131 cm³/mol. The second kappa shape index (κ2) is 14.6. The Morgan fingerprint density at radius 1 is 0.941 bits per heavy atom. The first-order valence-corrected chi connectivity index (χ1v) is 12.5. The highest BCUT2D eigenvalue weighted by atomic mass is 32.2. The Morgan fingerprint density at radius 2 is 1.53 bits per heavy atom. The van der Waals surface area contributed by atoms with Gasteiger partial charge in [-0.25, -0.2) is 4.79 Å². The topological polar surface area (TPSA) is 171 Å². The first-order chi connectivity index (χ1) is 16.0. The molecule has 0 bridgehead atoms. The quantitative estimate of drug-likeness (QED) is 0.207. The molecule has 0 aliphatic carbocycles. The molecule has 0 saturated carbocycles. The summed E-state index contributed by atoms with van der Waals surface area (Å²) in [5, 5.41) is 26.9. The molecule has 10 nitrogen and oxygen atoms in total. The van der Waals surface area contributed by atoms with Crippen molar-refractivity contribution in [1.82, 2.24) is 16.0 Å². The SMILES string of the molecule is CSCCC(N)C(=O)NC(Cc1ccccc1)C(=O)NC(C(=O)NC(C(=O)O)C(C)C)C(C)O. The number of aliphatic hydroxyl groups excluding tert-OH is 1. The van der Waals surface area contributed by atoms with Gasteiger partial charge in [0, 0.05) is 6.42 Å². The largest absolute Gasteiger partial charge is 0.480 e. The van der Waals surface area contributed by atoms with E-state index >= 15 is 0 Å². The predicted octanol–water partition coefficient (Wildman–Crippen LogP) is -0.115. The van der Waals surface area contributed by atoms with Gasteiger partial charge in [-0.1, -0.05) is 44.2 Å². The van der Waals surface area contributed by atoms with Crippen LogP contribution in [-0.4, -0.2) is 76.2 Å². The Labute approximate surface area is 204 Å². The third-order valence-electron chi connectivity index (χ3n) is 5.18. The van der Waals surface area contributed by atoms with E-state index in [-0.39, 0.29) is 6.42 Å². The number of carboxylic acid groups (broad SMARTS) is 1. The monoisotopic (exact) mass is 496 g/mol. The lowest BCUT2D eigenvalue weighted by molar-refractivity contribution is -0.144. The fourth-order valence-electron chi connectivity index (χ4n) is 3.13. The minimum Gasteiger partial charge on any atom is -0.480 e. The molecule has 11 heteroatoms. The van der Waals surface area contributed by atoms with Gasteiger partial charge in [0.25, 0.3) is 0 Å². The molecule has 0 spiro atoms. The van der Waals surface area contributed by atoms with Crippen LogP contribution in [-0.2, 0) is 25.6 Å². The minimum absolute atomic E-state index is 0.131. The van der Waals surface area contributed by atoms with Gasteiger partial charge in [0.2, 0.25) is 17.7 Å². The van der Waals surface area contributed by atoms with Gasteiger partial charge in [-0.05, 0) is 36.8 Å². The minimum atomic E-state index is -1.42. The third kappa shape index (κ3) is 9.70.